The molecule has 4 nitrogen and oxygen atoms in total. The van der Waals surface area contributed by atoms with Crippen LogP contribution in [-0.2, 0) is 16.0 Å². The lowest BCUT2D eigenvalue weighted by Crippen LogP contribution is -2.50. The molecule has 5 heteroatoms. The molecule has 0 aliphatic carbocycles. The van der Waals surface area contributed by atoms with Gasteiger partial charge in [0.1, 0.15) is 0 Å². The zero-order valence-electron chi connectivity index (χ0n) is 11.6. The highest BCUT2D eigenvalue weighted by atomic mass is 79.9. The molecule has 1 aliphatic rings. The second kappa shape index (κ2) is 6.88. The average molecular weight is 339 g/mol. The van der Waals surface area contributed by atoms with Gasteiger partial charge >= 0.3 is 0 Å². The van der Waals surface area contributed by atoms with Crippen LogP contribution in [-0.4, -0.2) is 47.8 Å². The fourth-order valence-electron chi connectivity index (χ4n) is 2.37. The van der Waals surface area contributed by atoms with Gasteiger partial charge in [0.2, 0.25) is 11.8 Å². The molecule has 1 aromatic rings. The Kier molecular flexibility index (Phi) is 5.17. The van der Waals surface area contributed by atoms with Gasteiger partial charge in [-0.25, -0.2) is 0 Å². The summed E-state index contributed by atoms with van der Waals surface area (Å²) < 4.78 is 1.04. The lowest BCUT2D eigenvalue weighted by Gasteiger charge is -2.34. The van der Waals surface area contributed by atoms with Crippen LogP contribution < -0.4 is 0 Å². The molecule has 1 heterocycles. The molecule has 0 radical (unpaired) electrons. The van der Waals surface area contributed by atoms with Crippen molar-refractivity contribution in [3.05, 3.63) is 34.3 Å². The minimum absolute atomic E-state index is 0.0891. The van der Waals surface area contributed by atoms with E-state index in [4.69, 9.17) is 0 Å². The van der Waals surface area contributed by atoms with Crippen molar-refractivity contribution < 1.29 is 9.59 Å². The van der Waals surface area contributed by atoms with Gasteiger partial charge in [0, 0.05) is 44.0 Å². The first-order valence-corrected chi connectivity index (χ1v) is 7.63. The second-order valence-corrected chi connectivity index (χ2v) is 5.93. The van der Waals surface area contributed by atoms with Crippen LogP contribution in [0.15, 0.2) is 28.7 Å². The Morgan fingerprint density at radius 3 is 2.40 bits per heavy atom. The monoisotopic (exact) mass is 338 g/mol. The van der Waals surface area contributed by atoms with Crippen molar-refractivity contribution in [2.24, 2.45) is 0 Å². The van der Waals surface area contributed by atoms with Gasteiger partial charge in [-0.15, -0.1) is 0 Å². The van der Waals surface area contributed by atoms with E-state index >= 15 is 0 Å². The quantitative estimate of drug-likeness (QED) is 0.846. The number of rotatable bonds is 3. The van der Waals surface area contributed by atoms with Crippen LogP contribution in [0.5, 0.6) is 0 Å². The van der Waals surface area contributed by atoms with E-state index < -0.39 is 0 Å². The largest absolute Gasteiger partial charge is 0.339 e. The Labute approximate surface area is 127 Å². The number of hydrogen-bond donors (Lipinski definition) is 0. The number of carbonyl (C=O) groups is 2. The normalized spacial score (nSPS) is 15.3. The molecule has 0 bridgehead atoms. The Bertz CT molecular complexity index is 496. The first-order valence-electron chi connectivity index (χ1n) is 6.84. The number of piperazine rings is 1. The highest BCUT2D eigenvalue weighted by molar-refractivity contribution is 9.10. The molecule has 0 unspecified atom stereocenters. The van der Waals surface area contributed by atoms with Crippen LogP contribution in [0.1, 0.15) is 18.9 Å². The molecule has 1 aromatic carbocycles. The van der Waals surface area contributed by atoms with Gasteiger partial charge in [-0.1, -0.05) is 28.1 Å². The number of carbonyl (C=O) groups excluding carboxylic acids is 2. The lowest BCUT2D eigenvalue weighted by atomic mass is 10.1. The van der Waals surface area contributed by atoms with E-state index in [9.17, 15) is 9.59 Å². The molecule has 2 amide bonds. The molecule has 0 saturated carbocycles. The maximum absolute atomic E-state index is 12.1. The van der Waals surface area contributed by atoms with Crippen LogP contribution in [0.3, 0.4) is 0 Å². The fourth-order valence-corrected chi connectivity index (χ4v) is 2.82. The van der Waals surface area contributed by atoms with Crippen LogP contribution in [0.25, 0.3) is 0 Å². The molecule has 0 N–H and O–H groups in total. The first kappa shape index (κ1) is 15.0. The Hall–Kier alpha value is -1.36. The topological polar surface area (TPSA) is 40.6 Å². The lowest BCUT2D eigenvalue weighted by molar-refractivity contribution is -0.138. The van der Waals surface area contributed by atoms with Gasteiger partial charge in [-0.05, 0) is 24.1 Å². The summed E-state index contributed by atoms with van der Waals surface area (Å²) in [6, 6.07) is 8.04. The van der Waals surface area contributed by atoms with Gasteiger partial charge in [0.15, 0.2) is 0 Å². The molecule has 0 aromatic heterocycles. The zero-order valence-corrected chi connectivity index (χ0v) is 13.2. The Morgan fingerprint density at radius 1 is 1.15 bits per heavy atom. The van der Waals surface area contributed by atoms with Gasteiger partial charge < -0.3 is 9.80 Å². The number of nitrogens with zero attached hydrogens (tertiary/aromatic N) is 2. The van der Waals surface area contributed by atoms with Crippen molar-refractivity contribution in [2.45, 2.75) is 19.8 Å². The van der Waals surface area contributed by atoms with Gasteiger partial charge in [-0.3, -0.25) is 9.59 Å². The molecule has 0 spiro atoms. The second-order valence-electron chi connectivity index (χ2n) is 5.02. The molecule has 1 saturated heterocycles. The third-order valence-corrected chi connectivity index (χ3v) is 4.09. The molecule has 20 heavy (non-hydrogen) atoms. The van der Waals surface area contributed by atoms with Crippen molar-refractivity contribution in [1.29, 1.82) is 0 Å². The third-order valence-electron chi connectivity index (χ3n) is 3.59. The van der Waals surface area contributed by atoms with Crippen molar-refractivity contribution in [2.75, 3.05) is 26.2 Å². The Balaban J connectivity index is 1.80. The van der Waals surface area contributed by atoms with Crippen LogP contribution in [0, 0.1) is 0 Å². The summed E-state index contributed by atoms with van der Waals surface area (Å²) in [5, 5.41) is 0. The number of benzene rings is 1. The zero-order chi connectivity index (χ0) is 14.5. The van der Waals surface area contributed by atoms with Crippen molar-refractivity contribution in [3.8, 4) is 0 Å². The van der Waals surface area contributed by atoms with E-state index in [-0.39, 0.29) is 11.8 Å². The standard InChI is InChI=1S/C15H19BrN2O2/c1-12(19)17-7-9-18(10-8-17)15(20)6-5-13-3-2-4-14(16)11-13/h2-4,11H,5-10H2,1H3. The maximum atomic E-state index is 12.1. The number of hydrogen-bond acceptors (Lipinski definition) is 2. The Morgan fingerprint density at radius 2 is 1.80 bits per heavy atom. The van der Waals surface area contributed by atoms with Crippen molar-refractivity contribution >= 4 is 27.7 Å². The number of aryl methyl sites for hydroxylation is 1. The summed E-state index contributed by atoms with van der Waals surface area (Å²) in [5.74, 6) is 0.263. The fraction of sp³-hybridized carbons (Fsp3) is 0.467. The maximum Gasteiger partial charge on any atom is 0.223 e. The minimum Gasteiger partial charge on any atom is -0.339 e. The van der Waals surface area contributed by atoms with E-state index in [1.54, 1.807) is 11.8 Å². The van der Waals surface area contributed by atoms with E-state index in [1.165, 1.54) is 0 Å². The number of amides is 2. The van der Waals surface area contributed by atoms with Gasteiger partial charge in [-0.2, -0.15) is 0 Å². The first-order chi connectivity index (χ1) is 9.56. The summed E-state index contributed by atoms with van der Waals surface area (Å²) in [6.07, 6.45) is 1.28. The van der Waals surface area contributed by atoms with Crippen molar-refractivity contribution in [1.82, 2.24) is 9.80 Å². The third kappa shape index (κ3) is 4.07. The summed E-state index contributed by atoms with van der Waals surface area (Å²) in [5.41, 5.74) is 1.16. The smallest absolute Gasteiger partial charge is 0.223 e. The van der Waals surface area contributed by atoms with E-state index in [2.05, 4.69) is 15.9 Å². The molecule has 1 aliphatic heterocycles. The SMILES string of the molecule is CC(=O)N1CCN(C(=O)CCc2cccc(Br)c2)CC1. The minimum atomic E-state index is 0.0891. The molecular weight excluding hydrogens is 320 g/mol. The van der Waals surface area contributed by atoms with Crippen molar-refractivity contribution in [3.63, 3.8) is 0 Å². The highest BCUT2D eigenvalue weighted by Crippen LogP contribution is 2.14. The summed E-state index contributed by atoms with van der Waals surface area (Å²) in [6.45, 7) is 4.18. The molecular formula is C15H19BrN2O2. The van der Waals surface area contributed by atoms with Gasteiger partial charge in [0.05, 0.1) is 0 Å². The summed E-state index contributed by atoms with van der Waals surface area (Å²) in [7, 11) is 0. The van der Waals surface area contributed by atoms with Crippen LogP contribution in [0.2, 0.25) is 0 Å². The number of halogens is 1. The van der Waals surface area contributed by atoms with Crippen LogP contribution in [0.4, 0.5) is 0 Å². The van der Waals surface area contributed by atoms with E-state index in [1.807, 2.05) is 29.2 Å². The molecule has 108 valence electrons. The van der Waals surface area contributed by atoms with Gasteiger partial charge in [0.25, 0.3) is 0 Å². The molecule has 0 atom stereocenters. The predicted octanol–water partition coefficient (Wildman–Crippen LogP) is 2.07. The predicted molar refractivity (Wildman–Crippen MR) is 81.3 cm³/mol. The summed E-state index contributed by atoms with van der Waals surface area (Å²) in [4.78, 5) is 27.0. The summed E-state index contributed by atoms with van der Waals surface area (Å²) >= 11 is 3.43. The molecule has 2 rings (SSSR count). The molecule has 1 fully saturated rings. The highest BCUT2D eigenvalue weighted by Gasteiger charge is 2.21. The van der Waals surface area contributed by atoms with Crippen LogP contribution >= 0.6 is 15.9 Å². The average Bonchev–Trinajstić information content (AvgIpc) is 2.45. The van der Waals surface area contributed by atoms with E-state index in [0.29, 0.717) is 32.6 Å². The van der Waals surface area contributed by atoms with E-state index in [0.717, 1.165) is 16.5 Å².